The zero-order valence-corrected chi connectivity index (χ0v) is 9.91. The first kappa shape index (κ1) is 14.0. The molecule has 0 saturated carbocycles. The van der Waals surface area contributed by atoms with Crippen molar-refractivity contribution in [2.75, 3.05) is 6.54 Å². The fraction of sp³-hybridized carbons (Fsp3) is 0.727. The predicted octanol–water partition coefficient (Wildman–Crippen LogP) is 1.84. The van der Waals surface area contributed by atoms with Crippen molar-refractivity contribution >= 4 is 6.09 Å². The molecule has 0 fully saturated rings. The van der Waals surface area contributed by atoms with Gasteiger partial charge in [-0.05, 0) is 27.2 Å². The lowest BCUT2D eigenvalue weighted by Crippen LogP contribution is -2.36. The van der Waals surface area contributed by atoms with Crippen LogP contribution in [-0.4, -0.2) is 29.4 Å². The molecular weight excluding hydrogens is 194 g/mol. The molecule has 0 rings (SSSR count). The summed E-state index contributed by atoms with van der Waals surface area (Å²) in [7, 11) is 0. The lowest BCUT2D eigenvalue weighted by Gasteiger charge is -2.20. The summed E-state index contributed by atoms with van der Waals surface area (Å²) in [5.74, 6) is 0. The van der Waals surface area contributed by atoms with Crippen LogP contribution < -0.4 is 5.32 Å². The minimum atomic E-state index is -0.655. The first-order chi connectivity index (χ1) is 6.85. The van der Waals surface area contributed by atoms with Crippen molar-refractivity contribution in [3.05, 3.63) is 12.2 Å². The third-order valence-electron chi connectivity index (χ3n) is 1.45. The van der Waals surface area contributed by atoms with Gasteiger partial charge in [-0.25, -0.2) is 4.79 Å². The second-order valence-corrected chi connectivity index (χ2v) is 4.29. The Morgan fingerprint density at radius 1 is 1.53 bits per heavy atom. The van der Waals surface area contributed by atoms with E-state index in [1.54, 1.807) is 26.8 Å². The molecule has 4 nitrogen and oxygen atoms in total. The summed E-state index contributed by atoms with van der Waals surface area (Å²) < 4.78 is 5.01. The third-order valence-corrected chi connectivity index (χ3v) is 1.45. The number of alkyl carbamates (subject to hydrolysis) is 1. The average Bonchev–Trinajstić information content (AvgIpc) is 2.08. The van der Waals surface area contributed by atoms with Crippen LogP contribution in [0.5, 0.6) is 0 Å². The van der Waals surface area contributed by atoms with Crippen LogP contribution >= 0.6 is 0 Å². The normalized spacial score (nSPS) is 13.9. The van der Waals surface area contributed by atoms with E-state index in [9.17, 15) is 9.90 Å². The molecule has 1 unspecified atom stereocenters. The molecule has 0 aliphatic heterocycles. The number of hydrogen-bond donors (Lipinski definition) is 2. The first-order valence-electron chi connectivity index (χ1n) is 5.16. The molecule has 0 spiro atoms. The molecule has 2 N–H and O–H groups in total. The van der Waals surface area contributed by atoms with Crippen LogP contribution in [0.2, 0.25) is 0 Å². The second kappa shape index (κ2) is 6.45. The highest BCUT2D eigenvalue weighted by Crippen LogP contribution is 2.06. The van der Waals surface area contributed by atoms with Crippen LogP contribution in [0.25, 0.3) is 0 Å². The van der Waals surface area contributed by atoms with Crippen molar-refractivity contribution in [2.45, 2.75) is 45.8 Å². The molecule has 0 saturated heterocycles. The Bertz CT molecular complexity index is 218. The number of allylic oxidation sites excluding steroid dienone is 1. The summed E-state index contributed by atoms with van der Waals surface area (Å²) in [4.78, 5) is 11.2. The van der Waals surface area contributed by atoms with Crippen LogP contribution in [0, 0.1) is 0 Å². The number of rotatable bonds is 4. The molecule has 0 aromatic carbocycles. The molecule has 0 aromatic rings. The van der Waals surface area contributed by atoms with Crippen LogP contribution in [0.15, 0.2) is 12.2 Å². The van der Waals surface area contributed by atoms with Crippen LogP contribution in [0.3, 0.4) is 0 Å². The van der Waals surface area contributed by atoms with Gasteiger partial charge in [0.2, 0.25) is 0 Å². The van der Waals surface area contributed by atoms with Gasteiger partial charge in [-0.1, -0.05) is 19.1 Å². The summed E-state index contributed by atoms with van der Waals surface area (Å²) in [6.45, 7) is 7.52. The van der Waals surface area contributed by atoms with Crippen molar-refractivity contribution < 1.29 is 14.6 Å². The molecule has 15 heavy (non-hydrogen) atoms. The van der Waals surface area contributed by atoms with Crippen LogP contribution in [0.1, 0.15) is 34.1 Å². The molecule has 0 radical (unpaired) electrons. The van der Waals surface area contributed by atoms with Crippen molar-refractivity contribution in [2.24, 2.45) is 0 Å². The van der Waals surface area contributed by atoms with Gasteiger partial charge < -0.3 is 15.2 Å². The van der Waals surface area contributed by atoms with Crippen LogP contribution in [-0.2, 0) is 4.74 Å². The molecule has 0 aromatic heterocycles. The quantitative estimate of drug-likeness (QED) is 0.703. The number of aliphatic hydroxyl groups is 1. The lowest BCUT2D eigenvalue weighted by atomic mass is 10.2. The summed E-state index contributed by atoms with van der Waals surface area (Å²) in [6.07, 6.45) is 3.20. The third kappa shape index (κ3) is 9.28. The Hall–Kier alpha value is -1.03. The van der Waals surface area contributed by atoms with E-state index in [4.69, 9.17) is 4.74 Å². The van der Waals surface area contributed by atoms with E-state index in [-0.39, 0.29) is 6.54 Å². The fourth-order valence-electron chi connectivity index (χ4n) is 0.863. The van der Waals surface area contributed by atoms with Gasteiger partial charge in [-0.15, -0.1) is 0 Å². The fourth-order valence-corrected chi connectivity index (χ4v) is 0.863. The number of aliphatic hydroxyl groups excluding tert-OH is 1. The molecule has 1 atom stereocenters. The number of hydrogen-bond acceptors (Lipinski definition) is 3. The van der Waals surface area contributed by atoms with E-state index < -0.39 is 17.8 Å². The molecular formula is C11H21NO3. The Balaban J connectivity index is 3.76. The monoisotopic (exact) mass is 215 g/mol. The number of ether oxygens (including phenoxy) is 1. The van der Waals surface area contributed by atoms with Gasteiger partial charge >= 0.3 is 6.09 Å². The SMILES string of the molecule is CC/C=C/C(O)CNC(=O)OC(C)(C)C. The number of carbonyl (C=O) groups excluding carboxylic acids is 1. The van der Waals surface area contributed by atoms with E-state index in [0.29, 0.717) is 0 Å². The van der Waals surface area contributed by atoms with E-state index >= 15 is 0 Å². The highest BCUT2D eigenvalue weighted by Gasteiger charge is 2.16. The molecule has 0 aliphatic carbocycles. The van der Waals surface area contributed by atoms with Gasteiger partial charge in [0.05, 0.1) is 12.6 Å². The molecule has 1 amide bonds. The Morgan fingerprint density at radius 3 is 2.60 bits per heavy atom. The maximum absolute atomic E-state index is 11.2. The van der Waals surface area contributed by atoms with Gasteiger partial charge in [0, 0.05) is 0 Å². The highest BCUT2D eigenvalue weighted by atomic mass is 16.6. The molecule has 88 valence electrons. The predicted molar refractivity (Wildman–Crippen MR) is 59.7 cm³/mol. The first-order valence-corrected chi connectivity index (χ1v) is 5.16. The summed E-state index contributed by atoms with van der Waals surface area (Å²) >= 11 is 0. The zero-order chi connectivity index (χ0) is 11.9. The van der Waals surface area contributed by atoms with E-state index in [0.717, 1.165) is 6.42 Å². The van der Waals surface area contributed by atoms with Gasteiger partial charge in [0.25, 0.3) is 0 Å². The lowest BCUT2D eigenvalue weighted by molar-refractivity contribution is 0.0505. The maximum atomic E-state index is 11.2. The van der Waals surface area contributed by atoms with Crippen molar-refractivity contribution in [3.8, 4) is 0 Å². The minimum absolute atomic E-state index is 0.172. The number of nitrogens with one attached hydrogen (secondary N) is 1. The van der Waals surface area contributed by atoms with Crippen molar-refractivity contribution in [3.63, 3.8) is 0 Å². The number of carbonyl (C=O) groups is 1. The van der Waals surface area contributed by atoms with Gasteiger partial charge in [0.15, 0.2) is 0 Å². The molecule has 0 bridgehead atoms. The smallest absolute Gasteiger partial charge is 0.407 e. The summed E-state index contributed by atoms with van der Waals surface area (Å²) in [5, 5.41) is 11.9. The van der Waals surface area contributed by atoms with E-state index in [2.05, 4.69) is 5.32 Å². The molecule has 0 aliphatic rings. The minimum Gasteiger partial charge on any atom is -0.444 e. The van der Waals surface area contributed by atoms with Gasteiger partial charge in [-0.3, -0.25) is 0 Å². The Kier molecular flexibility index (Phi) is 6.01. The number of amides is 1. The molecule has 4 heteroatoms. The largest absolute Gasteiger partial charge is 0.444 e. The summed E-state index contributed by atoms with van der Waals surface area (Å²) in [6, 6.07) is 0. The van der Waals surface area contributed by atoms with Crippen LogP contribution in [0.4, 0.5) is 4.79 Å². The van der Waals surface area contributed by atoms with E-state index in [1.165, 1.54) is 0 Å². The Labute approximate surface area is 91.3 Å². The summed E-state index contributed by atoms with van der Waals surface area (Å²) in [5.41, 5.74) is -0.506. The highest BCUT2D eigenvalue weighted by molar-refractivity contribution is 5.67. The standard InChI is InChI=1S/C11H21NO3/c1-5-6-7-9(13)8-12-10(14)15-11(2,3)4/h6-7,9,13H,5,8H2,1-4H3,(H,12,14)/b7-6+. The topological polar surface area (TPSA) is 58.6 Å². The van der Waals surface area contributed by atoms with E-state index in [1.807, 2.05) is 13.0 Å². The molecule has 0 heterocycles. The average molecular weight is 215 g/mol. The van der Waals surface area contributed by atoms with Crippen molar-refractivity contribution in [1.29, 1.82) is 0 Å². The second-order valence-electron chi connectivity index (χ2n) is 4.29. The Morgan fingerprint density at radius 2 is 2.13 bits per heavy atom. The van der Waals surface area contributed by atoms with Gasteiger partial charge in [-0.2, -0.15) is 0 Å². The zero-order valence-electron chi connectivity index (χ0n) is 9.91. The maximum Gasteiger partial charge on any atom is 0.407 e. The van der Waals surface area contributed by atoms with Crippen molar-refractivity contribution in [1.82, 2.24) is 5.32 Å². The van der Waals surface area contributed by atoms with Gasteiger partial charge in [0.1, 0.15) is 5.60 Å².